The van der Waals surface area contributed by atoms with Crippen LogP contribution in [0.25, 0.3) is 0 Å². The van der Waals surface area contributed by atoms with Crippen LogP contribution in [0.4, 0.5) is 0 Å². The second-order valence-electron chi connectivity index (χ2n) is 4.58. The maximum Gasteiger partial charge on any atom is 0.0729 e. The third-order valence-electron chi connectivity index (χ3n) is 3.82. The molecule has 1 heterocycles. The van der Waals surface area contributed by atoms with Crippen LogP contribution in [-0.4, -0.2) is 37.7 Å². The molecule has 0 spiro atoms. The molecule has 0 N–H and O–H groups in total. The molecule has 1 saturated carbocycles. The van der Waals surface area contributed by atoms with Crippen LogP contribution in [0.3, 0.4) is 0 Å². The molecule has 1 aliphatic carbocycles. The molecule has 0 radical (unpaired) electrons. The van der Waals surface area contributed by atoms with Gasteiger partial charge in [0.1, 0.15) is 0 Å². The van der Waals surface area contributed by atoms with Crippen LogP contribution in [0.15, 0.2) is 0 Å². The van der Waals surface area contributed by atoms with Crippen molar-refractivity contribution in [1.82, 2.24) is 4.90 Å². The Morgan fingerprint density at radius 3 is 2.69 bits per heavy atom. The molecule has 76 valence electrons. The molecule has 0 aromatic heterocycles. The molecule has 2 aliphatic rings. The number of hydrogen-bond donors (Lipinski definition) is 0. The van der Waals surface area contributed by atoms with E-state index in [0.29, 0.717) is 12.1 Å². The standard InChI is InChI=1S/C11H21NO/c1-12-8-4-6-9-5-3-7-10(13-2)11(9)12/h9-11H,3-8H2,1-2H3/t9-,10?,11+/m0/s1. The maximum absolute atomic E-state index is 5.59. The zero-order valence-electron chi connectivity index (χ0n) is 8.83. The van der Waals surface area contributed by atoms with Gasteiger partial charge >= 0.3 is 0 Å². The lowest BCUT2D eigenvalue weighted by Gasteiger charge is -2.46. The first-order valence-electron chi connectivity index (χ1n) is 5.56. The highest BCUT2D eigenvalue weighted by molar-refractivity contribution is 4.91. The summed E-state index contributed by atoms with van der Waals surface area (Å²) in [5, 5.41) is 0. The molecule has 1 saturated heterocycles. The molecular formula is C11H21NO. The van der Waals surface area contributed by atoms with Crippen molar-refractivity contribution in [1.29, 1.82) is 0 Å². The number of ether oxygens (including phenoxy) is 1. The lowest BCUT2D eigenvalue weighted by molar-refractivity contribution is -0.0470. The molecule has 1 aliphatic heterocycles. The highest BCUT2D eigenvalue weighted by Crippen LogP contribution is 2.35. The molecule has 0 bridgehead atoms. The Morgan fingerprint density at radius 1 is 1.15 bits per heavy atom. The predicted molar refractivity (Wildman–Crippen MR) is 53.8 cm³/mol. The van der Waals surface area contributed by atoms with Gasteiger partial charge in [-0.1, -0.05) is 6.42 Å². The smallest absolute Gasteiger partial charge is 0.0729 e. The Balaban J connectivity index is 2.07. The Morgan fingerprint density at radius 2 is 1.92 bits per heavy atom. The quantitative estimate of drug-likeness (QED) is 0.615. The molecule has 3 atom stereocenters. The van der Waals surface area contributed by atoms with Crippen molar-refractivity contribution in [3.63, 3.8) is 0 Å². The molecule has 2 rings (SSSR count). The lowest BCUT2D eigenvalue weighted by Crippen LogP contribution is -2.52. The molecule has 0 aromatic carbocycles. The van der Waals surface area contributed by atoms with Crippen molar-refractivity contribution in [2.75, 3.05) is 20.7 Å². The number of nitrogens with zero attached hydrogens (tertiary/aromatic N) is 1. The normalized spacial score (nSPS) is 41.5. The van der Waals surface area contributed by atoms with E-state index < -0.39 is 0 Å². The van der Waals surface area contributed by atoms with Crippen LogP contribution < -0.4 is 0 Å². The molecule has 13 heavy (non-hydrogen) atoms. The summed E-state index contributed by atoms with van der Waals surface area (Å²) in [7, 11) is 4.13. The summed E-state index contributed by atoms with van der Waals surface area (Å²) in [4.78, 5) is 2.52. The van der Waals surface area contributed by atoms with Crippen molar-refractivity contribution >= 4 is 0 Å². The predicted octanol–water partition coefficient (Wildman–Crippen LogP) is 1.90. The van der Waals surface area contributed by atoms with E-state index in [1.165, 1.54) is 38.6 Å². The summed E-state index contributed by atoms with van der Waals surface area (Å²) < 4.78 is 5.59. The molecule has 2 nitrogen and oxygen atoms in total. The topological polar surface area (TPSA) is 12.5 Å². The summed E-state index contributed by atoms with van der Waals surface area (Å²) in [5.41, 5.74) is 0. The fraction of sp³-hybridized carbons (Fsp3) is 1.00. The number of fused-ring (bicyclic) bond motifs is 1. The Labute approximate surface area is 81.3 Å². The Kier molecular flexibility index (Phi) is 2.89. The van der Waals surface area contributed by atoms with Crippen LogP contribution >= 0.6 is 0 Å². The minimum absolute atomic E-state index is 0.504. The van der Waals surface area contributed by atoms with Gasteiger partial charge in [-0.15, -0.1) is 0 Å². The van der Waals surface area contributed by atoms with Crippen LogP contribution in [0.1, 0.15) is 32.1 Å². The van der Waals surface area contributed by atoms with Gasteiger partial charge in [0.15, 0.2) is 0 Å². The number of rotatable bonds is 1. The molecule has 2 heteroatoms. The van der Waals surface area contributed by atoms with Crippen molar-refractivity contribution in [2.24, 2.45) is 5.92 Å². The number of likely N-dealkylation sites (tertiary alicyclic amines) is 1. The fourth-order valence-corrected chi connectivity index (χ4v) is 3.19. The van der Waals surface area contributed by atoms with E-state index in [1.807, 2.05) is 7.11 Å². The van der Waals surface area contributed by atoms with Crippen molar-refractivity contribution in [2.45, 2.75) is 44.2 Å². The summed E-state index contributed by atoms with van der Waals surface area (Å²) >= 11 is 0. The van der Waals surface area contributed by atoms with Gasteiger partial charge < -0.3 is 9.64 Å². The van der Waals surface area contributed by atoms with E-state index in [1.54, 1.807) is 0 Å². The van der Waals surface area contributed by atoms with Crippen LogP contribution in [0.2, 0.25) is 0 Å². The minimum Gasteiger partial charge on any atom is -0.380 e. The van der Waals surface area contributed by atoms with Gasteiger partial charge in [-0.25, -0.2) is 0 Å². The second kappa shape index (κ2) is 3.97. The minimum atomic E-state index is 0.504. The third kappa shape index (κ3) is 1.75. The second-order valence-corrected chi connectivity index (χ2v) is 4.58. The fourth-order valence-electron chi connectivity index (χ4n) is 3.19. The zero-order valence-corrected chi connectivity index (χ0v) is 8.83. The average Bonchev–Trinajstić information content (AvgIpc) is 2.17. The van der Waals surface area contributed by atoms with E-state index in [0.717, 1.165) is 5.92 Å². The monoisotopic (exact) mass is 183 g/mol. The highest BCUT2D eigenvalue weighted by Gasteiger charge is 2.37. The average molecular weight is 183 g/mol. The van der Waals surface area contributed by atoms with Crippen LogP contribution in [-0.2, 0) is 4.74 Å². The molecular weight excluding hydrogens is 162 g/mol. The molecule has 0 amide bonds. The summed E-state index contributed by atoms with van der Waals surface area (Å²) in [5.74, 6) is 0.914. The van der Waals surface area contributed by atoms with Crippen LogP contribution in [0, 0.1) is 5.92 Å². The largest absolute Gasteiger partial charge is 0.380 e. The van der Waals surface area contributed by atoms with E-state index in [-0.39, 0.29) is 0 Å². The number of piperidine rings is 1. The zero-order chi connectivity index (χ0) is 9.26. The van der Waals surface area contributed by atoms with Gasteiger partial charge in [0.2, 0.25) is 0 Å². The van der Waals surface area contributed by atoms with E-state index in [4.69, 9.17) is 4.74 Å². The Bertz CT molecular complexity index is 163. The number of hydrogen-bond acceptors (Lipinski definition) is 2. The van der Waals surface area contributed by atoms with Gasteiger partial charge in [0.05, 0.1) is 6.10 Å². The summed E-state index contributed by atoms with van der Waals surface area (Å²) in [6.45, 7) is 1.26. The van der Waals surface area contributed by atoms with Gasteiger partial charge in [0, 0.05) is 13.2 Å². The van der Waals surface area contributed by atoms with Crippen molar-refractivity contribution < 1.29 is 4.74 Å². The van der Waals surface area contributed by atoms with E-state index in [9.17, 15) is 0 Å². The third-order valence-corrected chi connectivity index (χ3v) is 3.82. The van der Waals surface area contributed by atoms with Gasteiger partial charge in [-0.2, -0.15) is 0 Å². The van der Waals surface area contributed by atoms with E-state index in [2.05, 4.69) is 11.9 Å². The number of methoxy groups -OCH3 is 1. The maximum atomic E-state index is 5.59. The van der Waals surface area contributed by atoms with Gasteiger partial charge in [-0.05, 0) is 45.2 Å². The van der Waals surface area contributed by atoms with Gasteiger partial charge in [0.25, 0.3) is 0 Å². The lowest BCUT2D eigenvalue weighted by atomic mass is 9.77. The van der Waals surface area contributed by atoms with E-state index >= 15 is 0 Å². The first kappa shape index (κ1) is 9.47. The summed E-state index contributed by atoms with van der Waals surface area (Å²) in [6, 6.07) is 0.715. The van der Waals surface area contributed by atoms with Crippen LogP contribution in [0.5, 0.6) is 0 Å². The van der Waals surface area contributed by atoms with Crippen molar-refractivity contribution in [3.8, 4) is 0 Å². The molecule has 2 fully saturated rings. The SMILES string of the molecule is COC1CCC[C@H]2CCCN(C)[C@@H]12. The number of likely N-dealkylation sites (N-methyl/N-ethyl adjacent to an activating group) is 1. The molecule has 1 unspecified atom stereocenters. The summed E-state index contributed by atoms with van der Waals surface area (Å²) in [6.07, 6.45) is 7.37. The highest BCUT2D eigenvalue weighted by atomic mass is 16.5. The van der Waals surface area contributed by atoms with Crippen molar-refractivity contribution in [3.05, 3.63) is 0 Å². The first-order chi connectivity index (χ1) is 6.33. The molecule has 0 aromatic rings. The van der Waals surface area contributed by atoms with Gasteiger partial charge in [-0.3, -0.25) is 0 Å². The Hall–Kier alpha value is -0.0800. The first-order valence-corrected chi connectivity index (χ1v) is 5.56.